The second kappa shape index (κ2) is 6.89. The standard InChI is InChI=1S/C19H14N2O4S/c1-2-9-21-17(23)14(16(22)20-19(21)26)10-12-7-3-5-11-6-4-8-13(15(11)12)18(24)25/h2-8,10H,1,9H2,(H,24,25)(H,20,22,26)/b14-10+. The smallest absolute Gasteiger partial charge is 0.336 e. The van der Waals surface area contributed by atoms with E-state index in [0.717, 1.165) is 0 Å². The van der Waals surface area contributed by atoms with E-state index in [1.807, 2.05) is 0 Å². The van der Waals surface area contributed by atoms with Crippen molar-refractivity contribution in [3.63, 3.8) is 0 Å². The number of hydrogen-bond donors (Lipinski definition) is 2. The van der Waals surface area contributed by atoms with E-state index < -0.39 is 17.8 Å². The average molecular weight is 366 g/mol. The number of thiocarbonyl (C=S) groups is 1. The number of nitrogens with one attached hydrogen (secondary N) is 1. The van der Waals surface area contributed by atoms with Gasteiger partial charge in [0, 0.05) is 11.9 Å². The van der Waals surface area contributed by atoms with Crippen LogP contribution in [0.2, 0.25) is 0 Å². The molecule has 0 atom stereocenters. The summed E-state index contributed by atoms with van der Waals surface area (Å²) in [6.45, 7) is 3.73. The number of fused-ring (bicyclic) bond motifs is 1. The number of benzene rings is 2. The van der Waals surface area contributed by atoms with Gasteiger partial charge in [-0.2, -0.15) is 0 Å². The summed E-state index contributed by atoms with van der Waals surface area (Å²) in [5, 5.41) is 13.1. The number of carboxylic acid groups (broad SMARTS) is 1. The molecule has 0 saturated carbocycles. The van der Waals surface area contributed by atoms with Crippen molar-refractivity contribution in [2.75, 3.05) is 6.54 Å². The Balaban J connectivity index is 2.19. The van der Waals surface area contributed by atoms with Gasteiger partial charge in [-0.3, -0.25) is 19.8 Å². The first kappa shape index (κ1) is 17.5. The molecule has 2 aromatic carbocycles. The van der Waals surface area contributed by atoms with E-state index in [9.17, 15) is 19.5 Å². The predicted molar refractivity (Wildman–Crippen MR) is 102 cm³/mol. The summed E-state index contributed by atoms with van der Waals surface area (Å²) >= 11 is 5.02. The highest BCUT2D eigenvalue weighted by Crippen LogP contribution is 2.26. The van der Waals surface area contributed by atoms with Gasteiger partial charge in [-0.05, 0) is 35.3 Å². The number of aromatic carboxylic acids is 1. The molecule has 1 saturated heterocycles. The lowest BCUT2D eigenvalue weighted by Gasteiger charge is -2.27. The van der Waals surface area contributed by atoms with Gasteiger partial charge in [0.1, 0.15) is 5.57 Å². The molecule has 0 bridgehead atoms. The Morgan fingerprint density at radius 1 is 1.23 bits per heavy atom. The molecule has 2 N–H and O–H groups in total. The van der Waals surface area contributed by atoms with E-state index in [1.165, 1.54) is 23.1 Å². The zero-order valence-electron chi connectivity index (χ0n) is 13.6. The van der Waals surface area contributed by atoms with E-state index in [4.69, 9.17) is 12.2 Å². The van der Waals surface area contributed by atoms with Crippen LogP contribution in [0.5, 0.6) is 0 Å². The molecule has 0 aliphatic carbocycles. The van der Waals surface area contributed by atoms with Crippen molar-refractivity contribution in [1.82, 2.24) is 10.2 Å². The highest BCUT2D eigenvalue weighted by atomic mass is 32.1. The number of hydrogen-bond acceptors (Lipinski definition) is 4. The molecule has 130 valence electrons. The Bertz CT molecular complexity index is 1000. The van der Waals surface area contributed by atoms with E-state index in [-0.39, 0.29) is 22.8 Å². The van der Waals surface area contributed by atoms with E-state index >= 15 is 0 Å². The van der Waals surface area contributed by atoms with Crippen LogP contribution < -0.4 is 5.32 Å². The molecule has 0 unspecified atom stereocenters. The van der Waals surface area contributed by atoms with E-state index in [0.29, 0.717) is 16.3 Å². The summed E-state index contributed by atoms with van der Waals surface area (Å²) in [4.78, 5) is 37.7. The summed E-state index contributed by atoms with van der Waals surface area (Å²) in [5.41, 5.74) is 0.440. The maximum atomic E-state index is 12.6. The minimum absolute atomic E-state index is 0.0150. The van der Waals surface area contributed by atoms with Gasteiger partial charge in [0.25, 0.3) is 11.8 Å². The Morgan fingerprint density at radius 3 is 2.58 bits per heavy atom. The lowest BCUT2D eigenvalue weighted by Crippen LogP contribution is -2.53. The molecule has 1 fully saturated rings. The van der Waals surface area contributed by atoms with Gasteiger partial charge in [0.2, 0.25) is 0 Å². The highest BCUT2D eigenvalue weighted by molar-refractivity contribution is 7.80. The van der Waals surface area contributed by atoms with Crippen LogP contribution in [-0.2, 0) is 9.59 Å². The third-order valence-electron chi connectivity index (χ3n) is 3.96. The monoisotopic (exact) mass is 366 g/mol. The van der Waals surface area contributed by atoms with Crippen LogP contribution in [0.15, 0.2) is 54.6 Å². The number of amides is 2. The summed E-state index contributed by atoms with van der Waals surface area (Å²) in [6, 6.07) is 10.1. The van der Waals surface area contributed by atoms with Crippen LogP contribution >= 0.6 is 12.2 Å². The van der Waals surface area contributed by atoms with E-state index in [2.05, 4.69) is 11.9 Å². The molecule has 26 heavy (non-hydrogen) atoms. The fraction of sp³-hybridized carbons (Fsp3) is 0.0526. The largest absolute Gasteiger partial charge is 0.478 e. The van der Waals surface area contributed by atoms with Gasteiger partial charge in [-0.25, -0.2) is 4.79 Å². The molecule has 0 radical (unpaired) electrons. The maximum absolute atomic E-state index is 12.6. The van der Waals surface area contributed by atoms with Crippen LogP contribution in [-0.4, -0.2) is 39.4 Å². The summed E-state index contributed by atoms with van der Waals surface area (Å²) in [6.07, 6.45) is 2.89. The molecule has 1 heterocycles. The van der Waals surface area contributed by atoms with Crippen molar-refractivity contribution in [1.29, 1.82) is 0 Å². The number of nitrogens with zero attached hydrogens (tertiary/aromatic N) is 1. The van der Waals surface area contributed by atoms with Crippen molar-refractivity contribution in [2.24, 2.45) is 0 Å². The van der Waals surface area contributed by atoms with Crippen LogP contribution in [0.3, 0.4) is 0 Å². The van der Waals surface area contributed by atoms with Crippen LogP contribution in [0.25, 0.3) is 16.8 Å². The summed E-state index contributed by atoms with van der Waals surface area (Å²) in [7, 11) is 0. The van der Waals surface area contributed by atoms with Crippen molar-refractivity contribution >= 4 is 52.0 Å². The number of rotatable bonds is 4. The van der Waals surface area contributed by atoms with Crippen molar-refractivity contribution < 1.29 is 19.5 Å². The van der Waals surface area contributed by atoms with Gasteiger partial charge in [-0.1, -0.05) is 36.4 Å². The molecule has 3 rings (SSSR count). The first-order valence-corrected chi connectivity index (χ1v) is 8.09. The number of carbonyl (C=O) groups is 3. The second-order valence-corrected chi connectivity index (χ2v) is 5.96. The lowest BCUT2D eigenvalue weighted by molar-refractivity contribution is -0.128. The van der Waals surface area contributed by atoms with Gasteiger partial charge in [-0.15, -0.1) is 6.58 Å². The van der Waals surface area contributed by atoms with Crippen LogP contribution in [0.1, 0.15) is 15.9 Å². The zero-order valence-corrected chi connectivity index (χ0v) is 14.4. The first-order chi connectivity index (χ1) is 12.4. The van der Waals surface area contributed by atoms with E-state index in [1.54, 1.807) is 30.3 Å². The Kier molecular flexibility index (Phi) is 4.64. The molecule has 7 heteroatoms. The maximum Gasteiger partial charge on any atom is 0.336 e. The molecular formula is C19H14N2O4S. The van der Waals surface area contributed by atoms with Crippen LogP contribution in [0.4, 0.5) is 0 Å². The Labute approximate surface area is 154 Å². The Hall–Kier alpha value is -3.32. The minimum Gasteiger partial charge on any atom is -0.478 e. The van der Waals surface area contributed by atoms with Gasteiger partial charge in [0.05, 0.1) is 5.56 Å². The predicted octanol–water partition coefficient (Wildman–Crippen LogP) is 2.35. The molecule has 2 amide bonds. The third-order valence-corrected chi connectivity index (χ3v) is 4.29. The molecule has 0 spiro atoms. The van der Waals surface area contributed by atoms with Gasteiger partial charge >= 0.3 is 5.97 Å². The Morgan fingerprint density at radius 2 is 1.92 bits per heavy atom. The third kappa shape index (κ3) is 3.00. The molecular weight excluding hydrogens is 352 g/mol. The summed E-state index contributed by atoms with van der Waals surface area (Å²) < 4.78 is 0. The fourth-order valence-electron chi connectivity index (χ4n) is 2.81. The topological polar surface area (TPSA) is 86.7 Å². The fourth-order valence-corrected chi connectivity index (χ4v) is 3.06. The minimum atomic E-state index is -1.09. The van der Waals surface area contributed by atoms with Crippen LogP contribution in [0, 0.1) is 0 Å². The lowest BCUT2D eigenvalue weighted by atomic mass is 9.97. The summed E-state index contributed by atoms with van der Waals surface area (Å²) in [5.74, 6) is -2.26. The quantitative estimate of drug-likeness (QED) is 0.375. The molecule has 1 aliphatic rings. The van der Waals surface area contributed by atoms with Crippen molar-refractivity contribution in [3.05, 3.63) is 65.8 Å². The molecule has 6 nitrogen and oxygen atoms in total. The normalized spacial score (nSPS) is 16.1. The first-order valence-electron chi connectivity index (χ1n) is 7.69. The molecule has 2 aromatic rings. The highest BCUT2D eigenvalue weighted by Gasteiger charge is 2.32. The van der Waals surface area contributed by atoms with Gasteiger partial charge < -0.3 is 5.11 Å². The molecule has 1 aliphatic heterocycles. The van der Waals surface area contributed by atoms with Crippen molar-refractivity contribution in [2.45, 2.75) is 0 Å². The average Bonchev–Trinajstić information content (AvgIpc) is 2.61. The second-order valence-electron chi connectivity index (χ2n) is 5.58. The number of carbonyl (C=O) groups excluding carboxylic acids is 2. The number of carboxylic acids is 1. The SMILES string of the molecule is C=CCN1C(=O)/C(=C/c2cccc3cccc(C(=O)O)c23)C(=O)NC1=S. The van der Waals surface area contributed by atoms with Crippen molar-refractivity contribution in [3.8, 4) is 0 Å². The molecule has 0 aromatic heterocycles. The van der Waals surface area contributed by atoms with Gasteiger partial charge in [0.15, 0.2) is 5.11 Å². The zero-order chi connectivity index (χ0) is 18.8.